The molecule has 2 saturated heterocycles. The Morgan fingerprint density at radius 3 is 2.37 bits per heavy atom. The Balaban J connectivity index is 1.36. The van der Waals surface area contributed by atoms with Crippen molar-refractivity contribution in [2.45, 2.75) is 166 Å². The number of carbonyl (C=O) groups is 4. The van der Waals surface area contributed by atoms with Crippen LogP contribution >= 0.6 is 0 Å². The zero-order chi connectivity index (χ0) is 43.3. The summed E-state index contributed by atoms with van der Waals surface area (Å²) in [5, 5.41) is 23.2. The van der Waals surface area contributed by atoms with E-state index in [4.69, 9.17) is 18.9 Å². The summed E-state index contributed by atoms with van der Waals surface area (Å²) in [5.41, 5.74) is 1.49. The summed E-state index contributed by atoms with van der Waals surface area (Å²) >= 11 is 0. The van der Waals surface area contributed by atoms with Gasteiger partial charge in [0.2, 0.25) is 11.8 Å². The number of unbranched alkanes of at least 4 members (excludes halogenated alkanes) is 4. The molecule has 0 unspecified atom stereocenters. The molecule has 328 valence electrons. The summed E-state index contributed by atoms with van der Waals surface area (Å²) in [6.07, 6.45) is 12.4. The minimum atomic E-state index is -0.891. The minimum absolute atomic E-state index is 0.0189. The van der Waals surface area contributed by atoms with E-state index in [1.54, 1.807) is 56.0 Å². The van der Waals surface area contributed by atoms with Crippen molar-refractivity contribution in [3.63, 3.8) is 0 Å². The molecule has 12 nitrogen and oxygen atoms in total. The molecular formula is C48H66N2O10. The number of fused-ring (bicyclic) bond motifs is 1. The molecule has 2 amide bonds. The number of aliphatic hydroxyl groups excluding tert-OH is 1. The van der Waals surface area contributed by atoms with Crippen molar-refractivity contribution >= 4 is 29.8 Å². The number of aromatic hydroxyl groups is 1. The molecular weight excluding hydrogens is 765 g/mol. The first kappa shape index (κ1) is 46.5. The van der Waals surface area contributed by atoms with E-state index in [2.05, 4.69) is 19.2 Å². The topological polar surface area (TPSA) is 161 Å². The van der Waals surface area contributed by atoms with Gasteiger partial charge in [-0.3, -0.25) is 14.4 Å². The van der Waals surface area contributed by atoms with Crippen LogP contribution in [0.2, 0.25) is 0 Å². The number of phenolic OH excluding ortho intramolecular Hbond substituents is 1. The Morgan fingerprint density at radius 1 is 0.983 bits per heavy atom. The number of nitrogens with one attached hydrogen (secondary N) is 1. The molecule has 2 heterocycles. The van der Waals surface area contributed by atoms with Gasteiger partial charge in [-0.1, -0.05) is 88.1 Å². The molecule has 12 heteroatoms. The van der Waals surface area contributed by atoms with Gasteiger partial charge in [-0.2, -0.15) is 0 Å². The maximum absolute atomic E-state index is 14.5. The molecule has 3 N–H and O–H groups in total. The van der Waals surface area contributed by atoms with Gasteiger partial charge in [0, 0.05) is 37.8 Å². The number of aliphatic hydroxyl groups is 1. The molecule has 0 bridgehead atoms. The van der Waals surface area contributed by atoms with Crippen molar-refractivity contribution in [3.05, 3.63) is 82.9 Å². The number of benzene rings is 2. The van der Waals surface area contributed by atoms with Gasteiger partial charge in [-0.25, -0.2) is 4.79 Å². The fourth-order valence-corrected chi connectivity index (χ4v) is 8.27. The van der Waals surface area contributed by atoms with E-state index in [-0.39, 0.29) is 37.5 Å². The molecule has 0 radical (unpaired) electrons. The average Bonchev–Trinajstić information content (AvgIpc) is 3.85. The number of hydrogen-bond donors (Lipinski definition) is 3. The minimum Gasteiger partial charge on any atom is -0.508 e. The molecule has 2 fully saturated rings. The van der Waals surface area contributed by atoms with Gasteiger partial charge in [0.15, 0.2) is 5.79 Å². The normalized spacial score (nSPS) is 21.6. The molecule has 1 aliphatic carbocycles. The molecule has 3 aliphatic rings. The lowest BCUT2D eigenvalue weighted by Crippen LogP contribution is -2.51. The lowest BCUT2D eigenvalue weighted by Gasteiger charge is -2.33. The molecule has 0 aromatic heterocycles. The second-order valence-electron chi connectivity index (χ2n) is 17.3. The van der Waals surface area contributed by atoms with Crippen LogP contribution in [0.4, 0.5) is 0 Å². The first-order chi connectivity index (χ1) is 28.8. The van der Waals surface area contributed by atoms with Crippen LogP contribution in [-0.4, -0.2) is 93.8 Å². The predicted molar refractivity (Wildman–Crippen MR) is 229 cm³/mol. The molecule has 2 aliphatic heterocycles. The van der Waals surface area contributed by atoms with E-state index in [0.717, 1.165) is 44.1 Å². The van der Waals surface area contributed by atoms with E-state index in [1.807, 2.05) is 36.4 Å². The summed E-state index contributed by atoms with van der Waals surface area (Å²) in [4.78, 5) is 56.2. The number of phenols is 1. The van der Waals surface area contributed by atoms with Crippen LogP contribution in [0.15, 0.2) is 66.3 Å². The lowest BCUT2D eigenvalue weighted by atomic mass is 9.91. The van der Waals surface area contributed by atoms with Gasteiger partial charge in [-0.05, 0) is 88.6 Å². The highest BCUT2D eigenvalue weighted by Crippen LogP contribution is 2.44. The van der Waals surface area contributed by atoms with E-state index in [0.29, 0.717) is 55.3 Å². The first-order valence-electron chi connectivity index (χ1n) is 22.0. The quantitative estimate of drug-likeness (QED) is 0.0890. The van der Waals surface area contributed by atoms with Crippen LogP contribution in [0.25, 0.3) is 6.08 Å². The number of allylic oxidation sites excluding steroid dienone is 1. The van der Waals surface area contributed by atoms with Crippen molar-refractivity contribution in [1.29, 1.82) is 0 Å². The Hall–Kier alpha value is -4.52. The zero-order valence-corrected chi connectivity index (χ0v) is 36.2. The first-order valence-corrected chi connectivity index (χ1v) is 22.0. The monoisotopic (exact) mass is 830 g/mol. The Labute approximate surface area is 355 Å². The van der Waals surface area contributed by atoms with Gasteiger partial charge in [0.05, 0.1) is 18.2 Å². The molecule has 5 rings (SSSR count). The van der Waals surface area contributed by atoms with Crippen molar-refractivity contribution in [1.82, 2.24) is 10.2 Å². The van der Waals surface area contributed by atoms with Crippen molar-refractivity contribution < 1.29 is 48.3 Å². The third-order valence-electron chi connectivity index (χ3n) is 11.3. The highest BCUT2D eigenvalue weighted by molar-refractivity contribution is 5.98. The van der Waals surface area contributed by atoms with Crippen LogP contribution in [0.1, 0.15) is 140 Å². The molecule has 0 spiro atoms. The summed E-state index contributed by atoms with van der Waals surface area (Å²) < 4.78 is 25.4. The van der Waals surface area contributed by atoms with Crippen molar-refractivity contribution in [3.8, 4) is 5.75 Å². The van der Waals surface area contributed by atoms with Gasteiger partial charge >= 0.3 is 11.9 Å². The van der Waals surface area contributed by atoms with E-state index in [9.17, 15) is 29.4 Å². The number of nitrogens with zero attached hydrogens (tertiary/aromatic N) is 1. The fourth-order valence-electron chi connectivity index (χ4n) is 8.27. The predicted octanol–water partition coefficient (Wildman–Crippen LogP) is 7.73. The van der Waals surface area contributed by atoms with Crippen LogP contribution in [0.3, 0.4) is 0 Å². The summed E-state index contributed by atoms with van der Waals surface area (Å²) in [7, 11) is 0. The number of para-hydroxylation sites is 1. The molecule has 60 heavy (non-hydrogen) atoms. The number of rotatable bonds is 20. The maximum Gasteiger partial charge on any atom is 0.339 e. The third kappa shape index (κ3) is 12.8. The van der Waals surface area contributed by atoms with Crippen LogP contribution in [0.5, 0.6) is 5.75 Å². The molecule has 2 aromatic rings. The Bertz CT molecular complexity index is 1820. The molecule has 0 saturated carbocycles. The third-order valence-corrected chi connectivity index (χ3v) is 11.3. The summed E-state index contributed by atoms with van der Waals surface area (Å²) in [6.45, 7) is 9.60. The second kappa shape index (κ2) is 21.8. The molecule has 2 aromatic carbocycles. The number of ether oxygens (including phenoxy) is 4. The van der Waals surface area contributed by atoms with Crippen LogP contribution in [0, 0.1) is 0 Å². The van der Waals surface area contributed by atoms with Crippen LogP contribution in [-0.2, 0) is 39.8 Å². The standard InChI is InChI=1S/C48H66N2O10/c1-6-8-14-27-48(28-15-9-7-2)58-41-31-35(45(55)50-29-17-23-38(50)44(54)49-36(32-51)25-26-42(53)59-47(3,4)5)30-40(43(41)60-48)57-46(56)37-22-12-10-18-33(37)20-16-21-34-19-11-13-24-39(34)52/h10-13,16,18-20,22,24,31,36,38,40-41,43,51-52H,6-9,14-15,17,21,23,25-30,32H2,1-5H3,(H,49,54)/t36-,38+,40+,41+,43-/m0/s1. The zero-order valence-electron chi connectivity index (χ0n) is 36.2. The van der Waals surface area contributed by atoms with Crippen molar-refractivity contribution in [2.24, 2.45) is 0 Å². The number of amides is 2. The van der Waals surface area contributed by atoms with Crippen molar-refractivity contribution in [2.75, 3.05) is 13.2 Å². The highest BCUT2D eigenvalue weighted by atomic mass is 16.8. The fraction of sp³-hybridized carbons (Fsp3) is 0.583. The number of carbonyl (C=O) groups excluding carboxylic acids is 4. The SMILES string of the molecule is CCCCCC1(CCCCC)O[C@@H]2[C@@H](C=C(C(=O)N3CCC[C@@H]3C(=O)N[C@H](CO)CCC(=O)OC(C)(C)C)C[C@H]2OC(=O)c2ccccc2C=CCc2ccccc2O)O1. The number of esters is 2. The van der Waals surface area contributed by atoms with E-state index in [1.165, 1.54) is 0 Å². The van der Waals surface area contributed by atoms with E-state index < -0.39 is 59.6 Å². The lowest BCUT2D eigenvalue weighted by molar-refractivity contribution is -0.190. The summed E-state index contributed by atoms with van der Waals surface area (Å²) in [6, 6.07) is 12.8. The maximum atomic E-state index is 14.5. The van der Waals surface area contributed by atoms with Gasteiger partial charge in [0.1, 0.15) is 35.7 Å². The number of hydrogen-bond acceptors (Lipinski definition) is 10. The van der Waals surface area contributed by atoms with Gasteiger partial charge in [-0.15, -0.1) is 0 Å². The largest absolute Gasteiger partial charge is 0.508 e. The smallest absolute Gasteiger partial charge is 0.339 e. The van der Waals surface area contributed by atoms with E-state index >= 15 is 0 Å². The Morgan fingerprint density at radius 2 is 1.68 bits per heavy atom. The Kier molecular flexibility index (Phi) is 16.9. The van der Waals surface area contributed by atoms with Gasteiger partial charge in [0.25, 0.3) is 0 Å². The average molecular weight is 831 g/mol. The number of likely N-dealkylation sites (tertiary alicyclic amines) is 1. The van der Waals surface area contributed by atoms with Gasteiger partial charge < -0.3 is 39.4 Å². The molecule has 5 atom stereocenters. The second-order valence-corrected chi connectivity index (χ2v) is 17.3. The summed E-state index contributed by atoms with van der Waals surface area (Å²) in [5.74, 6) is -2.42. The highest BCUT2D eigenvalue weighted by Gasteiger charge is 2.53. The van der Waals surface area contributed by atoms with Crippen LogP contribution < -0.4 is 5.32 Å².